The van der Waals surface area contributed by atoms with Crippen LogP contribution in [0.4, 0.5) is 28.9 Å². The van der Waals surface area contributed by atoms with Gasteiger partial charge in [-0.15, -0.1) is 0 Å². The fourth-order valence-corrected chi connectivity index (χ4v) is 2.24. The number of halogens is 4. The Morgan fingerprint density at radius 3 is 2.38 bits per heavy atom. The number of hydrogen-bond acceptors (Lipinski definition) is 3. The van der Waals surface area contributed by atoms with Gasteiger partial charge in [0, 0.05) is 4.90 Å². The van der Waals surface area contributed by atoms with Crippen LogP contribution in [0.3, 0.4) is 0 Å². The van der Waals surface area contributed by atoms with Crippen LogP contribution in [-0.2, 0) is 0 Å². The molecule has 0 amide bonds. The number of para-hydroxylation sites is 1. The van der Waals surface area contributed by atoms with Crippen LogP contribution < -0.4 is 5.32 Å². The molecule has 0 fully saturated rings. The van der Waals surface area contributed by atoms with Gasteiger partial charge in [-0.2, -0.15) is 14.0 Å². The van der Waals surface area contributed by atoms with E-state index in [-0.39, 0.29) is 16.3 Å². The molecule has 108 valence electrons. The molecule has 21 heavy (non-hydrogen) atoms. The first-order valence-corrected chi connectivity index (χ1v) is 6.60. The number of nitrogens with one attached hydrogen (secondary N) is 1. The summed E-state index contributed by atoms with van der Waals surface area (Å²) in [7, 11) is 0. The van der Waals surface area contributed by atoms with Crippen LogP contribution in [-0.4, -0.2) is 5.76 Å². The molecule has 2 aromatic rings. The van der Waals surface area contributed by atoms with Gasteiger partial charge in [0.2, 0.25) is 0 Å². The number of benzene rings is 2. The van der Waals surface area contributed by atoms with E-state index in [1.165, 1.54) is 24.3 Å². The number of rotatable bonds is 4. The molecule has 0 radical (unpaired) electrons. The lowest BCUT2D eigenvalue weighted by molar-refractivity contribution is 0.252. The minimum Gasteiger partial charge on any atom is -0.352 e. The normalized spacial score (nSPS) is 10.5. The van der Waals surface area contributed by atoms with Crippen molar-refractivity contribution in [2.24, 2.45) is 0 Å². The molecule has 0 spiro atoms. The van der Waals surface area contributed by atoms with Crippen LogP contribution in [0, 0.1) is 23.0 Å². The van der Waals surface area contributed by atoms with Gasteiger partial charge in [0.15, 0.2) is 11.6 Å². The molecule has 0 aliphatic rings. The summed E-state index contributed by atoms with van der Waals surface area (Å²) in [5, 5.41) is 11.2. The van der Waals surface area contributed by atoms with Crippen LogP contribution in [0.15, 0.2) is 41.3 Å². The highest BCUT2D eigenvalue weighted by Gasteiger charge is 2.15. The zero-order valence-corrected chi connectivity index (χ0v) is 11.2. The van der Waals surface area contributed by atoms with E-state index in [1.807, 2.05) is 0 Å². The van der Waals surface area contributed by atoms with Gasteiger partial charge in [-0.25, -0.2) is 8.78 Å². The zero-order valence-electron chi connectivity index (χ0n) is 10.4. The Hall–Kier alpha value is -2.20. The summed E-state index contributed by atoms with van der Waals surface area (Å²) in [4.78, 5) is 0.205. The largest absolute Gasteiger partial charge is 0.352 e. The van der Waals surface area contributed by atoms with Crippen molar-refractivity contribution in [3.8, 4) is 6.07 Å². The highest BCUT2D eigenvalue weighted by molar-refractivity contribution is 7.99. The van der Waals surface area contributed by atoms with Crippen LogP contribution in [0.1, 0.15) is 5.56 Å². The molecule has 0 saturated carbocycles. The van der Waals surface area contributed by atoms with Gasteiger partial charge in [-0.1, -0.05) is 23.9 Å². The van der Waals surface area contributed by atoms with Gasteiger partial charge in [-0.05, 0) is 24.3 Å². The molecule has 2 aromatic carbocycles. The van der Waals surface area contributed by atoms with E-state index in [1.54, 1.807) is 12.1 Å². The molecule has 0 unspecified atom stereocenters. The second-order valence-corrected chi connectivity index (χ2v) is 4.93. The average Bonchev–Trinajstić information content (AvgIpc) is 2.45. The van der Waals surface area contributed by atoms with Gasteiger partial charge in [-0.3, -0.25) is 0 Å². The third-order valence-corrected chi connectivity index (χ3v) is 3.36. The number of thioether (sulfide) groups is 1. The van der Waals surface area contributed by atoms with Gasteiger partial charge in [0.25, 0.3) is 5.76 Å². The third kappa shape index (κ3) is 3.47. The lowest BCUT2D eigenvalue weighted by Gasteiger charge is -2.12. The standard InChI is InChI=1S/C14H8F4N2S/c15-12-8(7-19)5-6-10(13(12)16)20-9-3-1-2-4-11(9)21-14(17)18/h1-6,14,20H. The summed E-state index contributed by atoms with van der Waals surface area (Å²) in [6.07, 6.45) is 0. The van der Waals surface area contributed by atoms with Gasteiger partial charge >= 0.3 is 0 Å². The van der Waals surface area contributed by atoms with E-state index < -0.39 is 23.0 Å². The van der Waals surface area contributed by atoms with Crippen LogP contribution in [0.5, 0.6) is 0 Å². The first-order chi connectivity index (χ1) is 10.0. The van der Waals surface area contributed by atoms with E-state index >= 15 is 0 Å². The van der Waals surface area contributed by atoms with Crippen LogP contribution in [0.25, 0.3) is 0 Å². The molecule has 1 N–H and O–H groups in total. The lowest BCUT2D eigenvalue weighted by atomic mass is 10.2. The van der Waals surface area contributed by atoms with Crippen molar-refractivity contribution in [3.05, 3.63) is 53.6 Å². The Morgan fingerprint density at radius 1 is 1.00 bits per heavy atom. The van der Waals surface area contributed by atoms with E-state index in [2.05, 4.69) is 5.32 Å². The van der Waals surface area contributed by atoms with Gasteiger partial charge in [0.05, 0.1) is 16.9 Å². The highest BCUT2D eigenvalue weighted by Crippen LogP contribution is 2.34. The summed E-state index contributed by atoms with van der Waals surface area (Å²) < 4.78 is 52.2. The molecular weight excluding hydrogens is 304 g/mol. The molecule has 0 heterocycles. The quantitative estimate of drug-likeness (QED) is 0.644. The van der Waals surface area contributed by atoms with Crippen molar-refractivity contribution >= 4 is 23.1 Å². The minimum absolute atomic E-state index is 0.205. The molecule has 0 bridgehead atoms. The third-order valence-electron chi connectivity index (χ3n) is 2.58. The molecule has 2 rings (SSSR count). The minimum atomic E-state index is -2.63. The topological polar surface area (TPSA) is 35.8 Å². The molecule has 0 aromatic heterocycles. The number of hydrogen-bond donors (Lipinski definition) is 1. The summed E-state index contributed by atoms with van der Waals surface area (Å²) in [6, 6.07) is 9.87. The molecule has 2 nitrogen and oxygen atoms in total. The number of alkyl halides is 2. The maximum atomic E-state index is 13.8. The Balaban J connectivity index is 2.35. The van der Waals surface area contributed by atoms with Crippen molar-refractivity contribution in [2.45, 2.75) is 10.7 Å². The molecule has 0 saturated heterocycles. The molecular formula is C14H8F4N2S. The van der Waals surface area contributed by atoms with Crippen LogP contribution >= 0.6 is 11.8 Å². The summed E-state index contributed by atoms with van der Waals surface area (Å²) >= 11 is 0.298. The van der Waals surface area contributed by atoms with Gasteiger partial charge < -0.3 is 5.32 Å². The van der Waals surface area contributed by atoms with E-state index in [0.717, 1.165) is 6.07 Å². The monoisotopic (exact) mass is 312 g/mol. The Kier molecular flexibility index (Phi) is 4.70. The van der Waals surface area contributed by atoms with Crippen molar-refractivity contribution in [3.63, 3.8) is 0 Å². The fourth-order valence-electron chi connectivity index (χ4n) is 1.65. The maximum Gasteiger partial charge on any atom is 0.288 e. The zero-order chi connectivity index (χ0) is 15.4. The number of nitrogens with zero attached hydrogens (tertiary/aromatic N) is 1. The second kappa shape index (κ2) is 6.50. The van der Waals surface area contributed by atoms with Crippen molar-refractivity contribution in [1.82, 2.24) is 0 Å². The van der Waals surface area contributed by atoms with E-state index in [9.17, 15) is 17.6 Å². The lowest BCUT2D eigenvalue weighted by Crippen LogP contribution is -2.00. The van der Waals surface area contributed by atoms with Crippen molar-refractivity contribution in [2.75, 3.05) is 5.32 Å². The fraction of sp³-hybridized carbons (Fsp3) is 0.0714. The predicted molar refractivity (Wildman–Crippen MR) is 72.7 cm³/mol. The van der Waals surface area contributed by atoms with Gasteiger partial charge in [0.1, 0.15) is 6.07 Å². The first kappa shape index (κ1) is 15.2. The highest BCUT2D eigenvalue weighted by atomic mass is 32.2. The second-order valence-electron chi connectivity index (χ2n) is 3.90. The molecule has 0 aliphatic carbocycles. The Morgan fingerprint density at radius 2 is 1.71 bits per heavy atom. The van der Waals surface area contributed by atoms with Crippen molar-refractivity contribution in [1.29, 1.82) is 5.26 Å². The van der Waals surface area contributed by atoms with E-state index in [4.69, 9.17) is 5.26 Å². The molecule has 7 heteroatoms. The average molecular weight is 312 g/mol. The van der Waals surface area contributed by atoms with E-state index in [0.29, 0.717) is 11.8 Å². The SMILES string of the molecule is N#Cc1ccc(Nc2ccccc2SC(F)F)c(F)c1F. The Labute approximate surface area is 122 Å². The molecule has 0 aliphatic heterocycles. The number of nitriles is 1. The summed E-state index contributed by atoms with van der Waals surface area (Å²) in [5.74, 6) is -5.14. The summed E-state index contributed by atoms with van der Waals surface area (Å²) in [5.41, 5.74) is -0.423. The van der Waals surface area contributed by atoms with Crippen LogP contribution in [0.2, 0.25) is 0 Å². The maximum absolute atomic E-state index is 13.8. The molecule has 0 atom stereocenters. The predicted octanol–water partition coefficient (Wildman–Crippen LogP) is 4.89. The smallest absolute Gasteiger partial charge is 0.288 e. The first-order valence-electron chi connectivity index (χ1n) is 5.72. The van der Waals surface area contributed by atoms with Crippen molar-refractivity contribution < 1.29 is 17.6 Å². The number of anilines is 2. The Bertz CT molecular complexity index is 698. The summed E-state index contributed by atoms with van der Waals surface area (Å²) in [6.45, 7) is 0.